The van der Waals surface area contributed by atoms with Crippen molar-refractivity contribution in [2.45, 2.75) is 76.4 Å². The summed E-state index contributed by atoms with van der Waals surface area (Å²) in [6.07, 6.45) is 7.55. The second kappa shape index (κ2) is 9.73. The van der Waals surface area contributed by atoms with Gasteiger partial charge in [-0.05, 0) is 45.2 Å². The van der Waals surface area contributed by atoms with Crippen LogP contribution in [0.15, 0.2) is 9.82 Å². The Bertz CT molecular complexity index is 709. The van der Waals surface area contributed by atoms with Crippen LogP contribution in [0.1, 0.15) is 57.2 Å². The molecule has 0 radical (unpaired) electrons. The molecule has 1 N–H and O–H groups in total. The lowest BCUT2D eigenvalue weighted by Crippen LogP contribution is -2.35. The number of likely N-dealkylation sites (N-methyl/N-ethyl adjacent to an activating group) is 1. The number of aromatic nitrogens is 2. The van der Waals surface area contributed by atoms with Crippen molar-refractivity contribution in [1.82, 2.24) is 19.8 Å². The molecule has 0 aromatic carbocycles. The van der Waals surface area contributed by atoms with Crippen LogP contribution < -0.4 is 11.0 Å². The molecule has 0 saturated heterocycles. The van der Waals surface area contributed by atoms with Crippen molar-refractivity contribution in [1.29, 1.82) is 0 Å². The van der Waals surface area contributed by atoms with Gasteiger partial charge in [-0.1, -0.05) is 38.5 Å². The van der Waals surface area contributed by atoms with Crippen LogP contribution >= 0.6 is 11.8 Å². The summed E-state index contributed by atoms with van der Waals surface area (Å²) in [5, 5.41) is 3.88. The van der Waals surface area contributed by atoms with Crippen LogP contribution in [0.2, 0.25) is 0 Å². The Hall–Kier alpha value is -1.34. The summed E-state index contributed by atoms with van der Waals surface area (Å²) in [7, 11) is 0. The highest BCUT2D eigenvalue weighted by Crippen LogP contribution is 2.29. The summed E-state index contributed by atoms with van der Waals surface area (Å²) >= 11 is 1.43. The first kappa shape index (κ1) is 20.4. The predicted molar refractivity (Wildman–Crippen MR) is 109 cm³/mol. The fourth-order valence-corrected chi connectivity index (χ4v) is 5.08. The molecule has 1 heterocycles. The van der Waals surface area contributed by atoms with Crippen molar-refractivity contribution in [3.05, 3.63) is 21.7 Å². The number of nitrogens with zero attached hydrogens (tertiary/aromatic N) is 3. The Morgan fingerprint density at radius 1 is 1.22 bits per heavy atom. The molecule has 2 aliphatic carbocycles. The number of thioether (sulfide) groups is 1. The molecule has 0 unspecified atom stereocenters. The Labute approximate surface area is 166 Å². The van der Waals surface area contributed by atoms with Crippen molar-refractivity contribution < 1.29 is 4.79 Å². The zero-order valence-electron chi connectivity index (χ0n) is 16.6. The molecule has 0 aliphatic heterocycles. The molecule has 3 rings (SSSR count). The molecule has 150 valence electrons. The summed E-state index contributed by atoms with van der Waals surface area (Å²) in [4.78, 5) is 31.5. The first-order chi connectivity index (χ1) is 13.1. The highest BCUT2D eigenvalue weighted by molar-refractivity contribution is 7.99. The van der Waals surface area contributed by atoms with Crippen LogP contribution in [0.4, 0.5) is 0 Å². The average Bonchev–Trinajstić information content (AvgIpc) is 3.34. The minimum Gasteiger partial charge on any atom is -0.353 e. The number of fused-ring (bicyclic) bond motifs is 1. The van der Waals surface area contributed by atoms with Crippen LogP contribution in [0.5, 0.6) is 0 Å². The van der Waals surface area contributed by atoms with Gasteiger partial charge in [0.05, 0.1) is 5.75 Å². The van der Waals surface area contributed by atoms with E-state index in [0.717, 1.165) is 62.5 Å². The molecule has 1 aromatic heterocycles. The first-order valence-corrected chi connectivity index (χ1v) is 11.4. The molecule has 1 aromatic rings. The molecule has 1 amide bonds. The standard InChI is InChI=1S/C20H32N4O2S/c1-3-23(4-2)12-13-24-17-11-7-10-16(17)19(22-20(24)26)27-14-18(25)21-15-8-5-6-9-15/h15H,3-14H2,1-2H3,(H,21,25). The van der Waals surface area contributed by atoms with Gasteiger partial charge in [0.2, 0.25) is 5.91 Å². The van der Waals surface area contributed by atoms with Gasteiger partial charge < -0.3 is 10.2 Å². The van der Waals surface area contributed by atoms with Gasteiger partial charge in [0.25, 0.3) is 0 Å². The maximum atomic E-state index is 12.6. The van der Waals surface area contributed by atoms with Gasteiger partial charge in [-0.15, -0.1) is 0 Å². The maximum Gasteiger partial charge on any atom is 0.348 e. The van der Waals surface area contributed by atoms with Gasteiger partial charge >= 0.3 is 5.69 Å². The van der Waals surface area contributed by atoms with E-state index in [2.05, 4.69) is 29.0 Å². The monoisotopic (exact) mass is 392 g/mol. The second-order valence-electron chi connectivity index (χ2n) is 7.49. The largest absolute Gasteiger partial charge is 0.353 e. The van der Waals surface area contributed by atoms with Crippen molar-refractivity contribution in [3.8, 4) is 0 Å². The smallest absolute Gasteiger partial charge is 0.348 e. The lowest BCUT2D eigenvalue weighted by molar-refractivity contribution is -0.119. The van der Waals surface area contributed by atoms with Crippen LogP contribution in [0.25, 0.3) is 0 Å². The van der Waals surface area contributed by atoms with E-state index in [1.54, 1.807) is 0 Å². The molecule has 0 atom stereocenters. The normalized spacial score (nSPS) is 16.9. The number of carbonyl (C=O) groups is 1. The number of hydrogen-bond donors (Lipinski definition) is 1. The van der Waals surface area contributed by atoms with E-state index < -0.39 is 0 Å². The third-order valence-electron chi connectivity index (χ3n) is 5.80. The quantitative estimate of drug-likeness (QED) is 0.516. The van der Waals surface area contributed by atoms with Gasteiger partial charge in [-0.25, -0.2) is 4.79 Å². The van der Waals surface area contributed by atoms with E-state index in [4.69, 9.17) is 0 Å². The van der Waals surface area contributed by atoms with E-state index in [0.29, 0.717) is 18.3 Å². The Balaban J connectivity index is 1.66. The maximum absolute atomic E-state index is 12.6. The molecule has 1 saturated carbocycles. The van der Waals surface area contributed by atoms with E-state index in [9.17, 15) is 9.59 Å². The highest BCUT2D eigenvalue weighted by atomic mass is 32.2. The van der Waals surface area contributed by atoms with Gasteiger partial charge in [0.1, 0.15) is 5.03 Å². The summed E-state index contributed by atoms with van der Waals surface area (Å²) in [6.45, 7) is 7.84. The molecular formula is C20H32N4O2S. The Kier molecular flexibility index (Phi) is 7.35. The fraction of sp³-hybridized carbons (Fsp3) is 0.750. The third-order valence-corrected chi connectivity index (χ3v) is 6.81. The highest BCUT2D eigenvalue weighted by Gasteiger charge is 2.23. The molecular weight excluding hydrogens is 360 g/mol. The lowest BCUT2D eigenvalue weighted by atomic mass is 10.2. The summed E-state index contributed by atoms with van der Waals surface area (Å²) < 4.78 is 1.86. The van der Waals surface area contributed by atoms with Crippen molar-refractivity contribution in [2.24, 2.45) is 0 Å². The van der Waals surface area contributed by atoms with Gasteiger partial charge in [-0.3, -0.25) is 9.36 Å². The second-order valence-corrected chi connectivity index (χ2v) is 8.46. The van der Waals surface area contributed by atoms with Crippen molar-refractivity contribution >= 4 is 17.7 Å². The zero-order chi connectivity index (χ0) is 19.2. The minimum absolute atomic E-state index is 0.0613. The van der Waals surface area contributed by atoms with E-state index in [1.165, 1.54) is 30.2 Å². The van der Waals surface area contributed by atoms with E-state index in [-0.39, 0.29) is 11.6 Å². The molecule has 2 aliphatic rings. The number of carbonyl (C=O) groups excluding carboxylic acids is 1. The zero-order valence-corrected chi connectivity index (χ0v) is 17.4. The molecule has 6 nitrogen and oxygen atoms in total. The topological polar surface area (TPSA) is 67.2 Å². The van der Waals surface area contributed by atoms with Crippen LogP contribution in [0, 0.1) is 0 Å². The van der Waals surface area contributed by atoms with E-state index >= 15 is 0 Å². The van der Waals surface area contributed by atoms with Crippen LogP contribution in [-0.2, 0) is 24.2 Å². The van der Waals surface area contributed by atoms with E-state index in [1.807, 2.05) is 4.57 Å². The SMILES string of the molecule is CCN(CC)CCn1c2c(c(SCC(=O)NC3CCCC3)nc1=O)CCC2. The first-order valence-electron chi connectivity index (χ1n) is 10.4. The number of hydrogen-bond acceptors (Lipinski definition) is 5. The number of amides is 1. The average molecular weight is 393 g/mol. The minimum atomic E-state index is -0.165. The van der Waals surface area contributed by atoms with Gasteiger partial charge in [-0.2, -0.15) is 4.98 Å². The molecule has 27 heavy (non-hydrogen) atoms. The molecule has 0 bridgehead atoms. The number of rotatable bonds is 9. The van der Waals surface area contributed by atoms with Crippen molar-refractivity contribution in [2.75, 3.05) is 25.4 Å². The summed E-state index contributed by atoms with van der Waals surface area (Å²) in [6, 6.07) is 0.338. The Morgan fingerprint density at radius 2 is 1.96 bits per heavy atom. The molecule has 1 fully saturated rings. The third kappa shape index (κ3) is 5.13. The van der Waals surface area contributed by atoms with Crippen molar-refractivity contribution in [3.63, 3.8) is 0 Å². The van der Waals surface area contributed by atoms with Crippen LogP contribution in [0.3, 0.4) is 0 Å². The summed E-state index contributed by atoms with van der Waals surface area (Å²) in [5.74, 6) is 0.407. The number of nitrogens with one attached hydrogen (secondary N) is 1. The predicted octanol–water partition coefficient (Wildman–Crippen LogP) is 2.22. The fourth-order valence-electron chi connectivity index (χ4n) is 4.19. The summed E-state index contributed by atoms with van der Waals surface area (Å²) in [5.41, 5.74) is 2.16. The Morgan fingerprint density at radius 3 is 2.67 bits per heavy atom. The molecule has 0 spiro atoms. The lowest BCUT2D eigenvalue weighted by Gasteiger charge is -2.20. The van der Waals surface area contributed by atoms with Gasteiger partial charge in [0, 0.05) is 30.4 Å². The van der Waals surface area contributed by atoms with Gasteiger partial charge in [0.15, 0.2) is 0 Å². The molecule has 7 heteroatoms. The van der Waals surface area contributed by atoms with Crippen LogP contribution in [-0.4, -0.2) is 51.8 Å².